The Bertz CT molecular complexity index is 371. The van der Waals surface area contributed by atoms with E-state index in [0.29, 0.717) is 0 Å². The second kappa shape index (κ2) is 5.15. The molecule has 0 unspecified atom stereocenters. The van der Waals surface area contributed by atoms with Gasteiger partial charge in [0.25, 0.3) is 0 Å². The van der Waals surface area contributed by atoms with Crippen LogP contribution in [0.1, 0.15) is 30.4 Å². The zero-order chi connectivity index (χ0) is 11.4. The summed E-state index contributed by atoms with van der Waals surface area (Å²) < 4.78 is 0. The summed E-state index contributed by atoms with van der Waals surface area (Å²) in [6.45, 7) is 4.21. The topological polar surface area (TPSA) is 27.1 Å². The van der Waals surface area contributed by atoms with Gasteiger partial charge in [-0.15, -0.1) is 0 Å². The Morgan fingerprint density at radius 3 is 2.94 bits per heavy atom. The number of nitrogens with one attached hydrogen (secondary N) is 1. The highest BCUT2D eigenvalue weighted by molar-refractivity contribution is 5.79. The summed E-state index contributed by atoms with van der Waals surface area (Å²) in [7, 11) is 0. The Morgan fingerprint density at radius 2 is 2.19 bits per heavy atom. The van der Waals surface area contributed by atoms with Crippen molar-refractivity contribution in [2.24, 2.45) is 0 Å². The lowest BCUT2D eigenvalue weighted by atomic mass is 10.1. The minimum Gasteiger partial charge on any atom is -0.360 e. The Balaban J connectivity index is 1.89. The van der Waals surface area contributed by atoms with E-state index in [9.17, 15) is 0 Å². The van der Waals surface area contributed by atoms with Crippen LogP contribution in [0.4, 0.5) is 0 Å². The van der Waals surface area contributed by atoms with Crippen LogP contribution in [-0.2, 0) is 6.42 Å². The summed E-state index contributed by atoms with van der Waals surface area (Å²) in [6, 6.07) is 8.67. The Kier molecular flexibility index (Phi) is 3.60. The molecule has 1 aromatic carbocycles. The maximum atomic E-state index is 7.88. The quantitative estimate of drug-likeness (QED) is 0.826. The molecule has 2 nitrogen and oxygen atoms in total. The van der Waals surface area contributed by atoms with Gasteiger partial charge in [-0.25, -0.2) is 0 Å². The van der Waals surface area contributed by atoms with Crippen molar-refractivity contribution in [2.45, 2.75) is 32.6 Å². The van der Waals surface area contributed by atoms with Crippen molar-refractivity contribution < 1.29 is 0 Å². The van der Waals surface area contributed by atoms with Crippen molar-refractivity contribution in [3.05, 3.63) is 35.4 Å². The molecule has 16 heavy (non-hydrogen) atoms. The van der Waals surface area contributed by atoms with Gasteiger partial charge < -0.3 is 4.90 Å². The summed E-state index contributed by atoms with van der Waals surface area (Å²) in [6.07, 6.45) is 4.47. The normalized spacial score (nSPS) is 16.6. The van der Waals surface area contributed by atoms with Crippen molar-refractivity contribution in [1.29, 1.82) is 5.41 Å². The van der Waals surface area contributed by atoms with Gasteiger partial charge in [0.2, 0.25) is 0 Å². The minimum absolute atomic E-state index is 0.832. The van der Waals surface area contributed by atoms with Crippen molar-refractivity contribution in [3.63, 3.8) is 0 Å². The number of aryl methyl sites for hydroxylation is 1. The van der Waals surface area contributed by atoms with Gasteiger partial charge in [0.15, 0.2) is 0 Å². The first-order valence-electron chi connectivity index (χ1n) is 6.13. The van der Waals surface area contributed by atoms with Crippen LogP contribution in [0, 0.1) is 12.3 Å². The molecule has 0 spiro atoms. The van der Waals surface area contributed by atoms with Crippen LogP contribution >= 0.6 is 0 Å². The fraction of sp³-hybridized carbons (Fsp3) is 0.500. The van der Waals surface area contributed by atoms with Crippen molar-refractivity contribution in [1.82, 2.24) is 4.90 Å². The van der Waals surface area contributed by atoms with Gasteiger partial charge in [-0.1, -0.05) is 29.8 Å². The number of nitrogens with zero attached hydrogens (tertiary/aromatic N) is 1. The third-order valence-corrected chi connectivity index (χ3v) is 3.23. The summed E-state index contributed by atoms with van der Waals surface area (Å²) in [5.41, 5.74) is 2.71. The highest BCUT2D eigenvalue weighted by atomic mass is 15.2. The number of hydrogen-bond donors (Lipinski definition) is 1. The molecular formula is C14H20N2. The van der Waals surface area contributed by atoms with Gasteiger partial charge in [0, 0.05) is 19.5 Å². The van der Waals surface area contributed by atoms with E-state index in [2.05, 4.69) is 36.1 Å². The van der Waals surface area contributed by atoms with Crippen LogP contribution in [0.15, 0.2) is 24.3 Å². The molecule has 2 heteroatoms. The third-order valence-electron chi connectivity index (χ3n) is 3.23. The molecule has 86 valence electrons. The lowest BCUT2D eigenvalue weighted by molar-refractivity contribution is 0.370. The molecule has 0 aliphatic carbocycles. The smallest absolute Gasteiger partial charge is 0.0957 e. The maximum absolute atomic E-state index is 7.88. The summed E-state index contributed by atoms with van der Waals surface area (Å²) >= 11 is 0. The Hall–Kier alpha value is -1.31. The van der Waals surface area contributed by atoms with Gasteiger partial charge >= 0.3 is 0 Å². The van der Waals surface area contributed by atoms with E-state index >= 15 is 0 Å². The number of rotatable bonds is 3. The van der Waals surface area contributed by atoms with Crippen LogP contribution in [0.2, 0.25) is 0 Å². The molecule has 0 radical (unpaired) electrons. The predicted octanol–water partition coefficient (Wildman–Crippen LogP) is 3.00. The van der Waals surface area contributed by atoms with Gasteiger partial charge in [0.1, 0.15) is 0 Å². The SMILES string of the molecule is Cc1cccc(CCN2CCCCC2=N)c1. The molecule has 1 saturated heterocycles. The van der Waals surface area contributed by atoms with Crippen LogP contribution in [-0.4, -0.2) is 23.8 Å². The lowest BCUT2D eigenvalue weighted by Crippen LogP contribution is -2.36. The fourth-order valence-corrected chi connectivity index (χ4v) is 2.27. The first kappa shape index (κ1) is 11.2. The Morgan fingerprint density at radius 1 is 1.31 bits per heavy atom. The molecule has 1 fully saturated rings. The summed E-state index contributed by atoms with van der Waals surface area (Å²) in [5.74, 6) is 0.832. The first-order valence-corrected chi connectivity index (χ1v) is 6.13. The monoisotopic (exact) mass is 216 g/mol. The Labute approximate surface area is 97.8 Å². The number of likely N-dealkylation sites (tertiary alicyclic amines) is 1. The van der Waals surface area contributed by atoms with E-state index in [1.807, 2.05) is 0 Å². The predicted molar refractivity (Wildman–Crippen MR) is 68.0 cm³/mol. The average molecular weight is 216 g/mol. The number of benzene rings is 1. The lowest BCUT2D eigenvalue weighted by Gasteiger charge is -2.29. The van der Waals surface area contributed by atoms with Crippen LogP contribution in [0.5, 0.6) is 0 Å². The molecule has 1 aromatic rings. The number of amidine groups is 1. The van der Waals surface area contributed by atoms with E-state index in [1.165, 1.54) is 24.0 Å². The maximum Gasteiger partial charge on any atom is 0.0957 e. The molecular weight excluding hydrogens is 196 g/mol. The largest absolute Gasteiger partial charge is 0.360 e. The molecule has 1 N–H and O–H groups in total. The molecule has 0 aromatic heterocycles. The second-order valence-electron chi connectivity index (χ2n) is 4.63. The average Bonchev–Trinajstić information content (AvgIpc) is 2.28. The molecule has 1 aliphatic rings. The van der Waals surface area contributed by atoms with Crippen LogP contribution < -0.4 is 0 Å². The minimum atomic E-state index is 0.832. The fourth-order valence-electron chi connectivity index (χ4n) is 2.27. The third kappa shape index (κ3) is 2.84. The molecule has 1 heterocycles. The standard InChI is InChI=1S/C14H20N2/c1-12-5-4-6-13(11-12)8-10-16-9-3-2-7-14(16)15/h4-6,11,15H,2-3,7-10H2,1H3. The van der Waals surface area contributed by atoms with Crippen LogP contribution in [0.25, 0.3) is 0 Å². The van der Waals surface area contributed by atoms with E-state index in [4.69, 9.17) is 5.41 Å². The van der Waals surface area contributed by atoms with Gasteiger partial charge in [-0.3, -0.25) is 5.41 Å². The van der Waals surface area contributed by atoms with E-state index < -0.39 is 0 Å². The molecule has 0 saturated carbocycles. The van der Waals surface area contributed by atoms with E-state index in [-0.39, 0.29) is 0 Å². The van der Waals surface area contributed by atoms with Gasteiger partial charge in [0.05, 0.1) is 5.84 Å². The van der Waals surface area contributed by atoms with Crippen molar-refractivity contribution >= 4 is 5.84 Å². The molecule has 0 amide bonds. The second-order valence-corrected chi connectivity index (χ2v) is 4.63. The highest BCUT2D eigenvalue weighted by Crippen LogP contribution is 2.12. The summed E-state index contributed by atoms with van der Waals surface area (Å²) in [5, 5.41) is 7.88. The number of hydrogen-bond acceptors (Lipinski definition) is 1. The van der Waals surface area contributed by atoms with Crippen molar-refractivity contribution in [2.75, 3.05) is 13.1 Å². The first-order chi connectivity index (χ1) is 7.75. The van der Waals surface area contributed by atoms with Gasteiger partial charge in [-0.05, 0) is 31.7 Å². The summed E-state index contributed by atoms with van der Waals surface area (Å²) in [4.78, 5) is 2.23. The zero-order valence-electron chi connectivity index (χ0n) is 10.00. The van der Waals surface area contributed by atoms with E-state index in [0.717, 1.165) is 31.8 Å². The van der Waals surface area contributed by atoms with Crippen LogP contribution in [0.3, 0.4) is 0 Å². The highest BCUT2D eigenvalue weighted by Gasteiger charge is 2.13. The van der Waals surface area contributed by atoms with E-state index in [1.54, 1.807) is 0 Å². The van der Waals surface area contributed by atoms with Gasteiger partial charge in [-0.2, -0.15) is 0 Å². The van der Waals surface area contributed by atoms with Crippen molar-refractivity contribution in [3.8, 4) is 0 Å². The molecule has 1 aliphatic heterocycles. The molecule has 0 bridgehead atoms. The zero-order valence-corrected chi connectivity index (χ0v) is 10.00. The number of piperidine rings is 1. The molecule has 2 rings (SSSR count). The molecule has 0 atom stereocenters.